The van der Waals surface area contributed by atoms with Gasteiger partial charge in [-0.05, 0) is 23.8 Å². The van der Waals surface area contributed by atoms with Crippen LogP contribution in [0, 0.1) is 10.1 Å². The van der Waals surface area contributed by atoms with Crippen molar-refractivity contribution in [3.05, 3.63) is 69.8 Å². The molecule has 0 spiro atoms. The van der Waals surface area contributed by atoms with E-state index in [0.717, 1.165) is 0 Å². The van der Waals surface area contributed by atoms with Crippen LogP contribution in [0.15, 0.2) is 48.5 Å². The number of benzene rings is 2. The van der Waals surface area contributed by atoms with Gasteiger partial charge in [-0.2, -0.15) is 0 Å². The van der Waals surface area contributed by atoms with Gasteiger partial charge in [0.25, 0.3) is 11.6 Å². The van der Waals surface area contributed by atoms with E-state index in [1.165, 1.54) is 12.1 Å². The first-order chi connectivity index (χ1) is 12.5. The van der Waals surface area contributed by atoms with Crippen molar-refractivity contribution in [3.8, 4) is 0 Å². The summed E-state index contributed by atoms with van der Waals surface area (Å²) in [7, 11) is 0. The number of hydrogen-bond acceptors (Lipinski definition) is 6. The number of nitro benzene ring substituents is 1. The predicted molar refractivity (Wildman–Crippen MR) is 96.9 cm³/mol. The number of nitro groups is 1. The minimum atomic E-state index is -0.524. The first-order valence-corrected chi connectivity index (χ1v) is 8.12. The van der Waals surface area contributed by atoms with E-state index in [-0.39, 0.29) is 24.8 Å². The molecule has 0 aromatic heterocycles. The third kappa shape index (κ3) is 5.62. The second-order valence-electron chi connectivity index (χ2n) is 5.69. The van der Waals surface area contributed by atoms with Crippen molar-refractivity contribution in [2.75, 3.05) is 31.6 Å². The van der Waals surface area contributed by atoms with Crippen LogP contribution in [0.2, 0.25) is 0 Å². The number of aliphatic hydroxyl groups excluding tert-OH is 2. The third-order valence-electron chi connectivity index (χ3n) is 3.72. The number of rotatable bonds is 9. The number of hydrogen-bond donors (Lipinski definition) is 3. The predicted octanol–water partition coefficient (Wildman–Crippen LogP) is 1.63. The van der Waals surface area contributed by atoms with E-state index < -0.39 is 4.92 Å². The molecule has 1 amide bonds. The maximum atomic E-state index is 12.3. The number of non-ortho nitro benzene ring substituents is 1. The van der Waals surface area contributed by atoms with E-state index in [9.17, 15) is 14.9 Å². The summed E-state index contributed by atoms with van der Waals surface area (Å²) in [6.45, 7) is 0.778. The lowest BCUT2D eigenvalue weighted by Crippen LogP contribution is -2.29. The smallest absolute Gasteiger partial charge is 0.271 e. The molecule has 8 nitrogen and oxygen atoms in total. The lowest BCUT2D eigenvalue weighted by atomic mass is 10.1. The zero-order valence-corrected chi connectivity index (χ0v) is 14.2. The number of amides is 1. The van der Waals surface area contributed by atoms with Crippen molar-refractivity contribution in [2.24, 2.45) is 0 Å². The molecule has 0 saturated carbocycles. The van der Waals surface area contributed by atoms with Crippen LogP contribution >= 0.6 is 0 Å². The zero-order valence-electron chi connectivity index (χ0n) is 14.2. The summed E-state index contributed by atoms with van der Waals surface area (Å²) in [6.07, 6.45) is 0. The Balaban J connectivity index is 2.24. The summed E-state index contributed by atoms with van der Waals surface area (Å²) in [5.74, 6) is -0.361. The van der Waals surface area contributed by atoms with E-state index in [1.807, 2.05) is 0 Å². The Bertz CT molecular complexity index is 746. The quantitative estimate of drug-likeness (QED) is 0.463. The molecule has 0 atom stereocenters. The Morgan fingerprint density at radius 1 is 1.08 bits per heavy atom. The number of anilines is 1. The first-order valence-electron chi connectivity index (χ1n) is 8.12. The highest BCUT2D eigenvalue weighted by Gasteiger charge is 2.14. The SMILES string of the molecule is O=C(Nc1cc(CN(CCO)CCO)cc([N+](=O)[O-])c1)c1ccccc1. The standard InChI is InChI=1S/C18H21N3O5/c22-8-6-20(7-9-23)13-14-10-16(12-17(11-14)21(25)26)19-18(24)15-4-2-1-3-5-15/h1-5,10-12,22-23H,6-9,13H2,(H,19,24). The highest BCUT2D eigenvalue weighted by atomic mass is 16.6. The third-order valence-corrected chi connectivity index (χ3v) is 3.72. The summed E-state index contributed by atoms with van der Waals surface area (Å²) >= 11 is 0. The Hall–Kier alpha value is -2.81. The van der Waals surface area contributed by atoms with Crippen LogP contribution in [0.5, 0.6) is 0 Å². The van der Waals surface area contributed by atoms with Gasteiger partial charge in [0.2, 0.25) is 0 Å². The molecule has 8 heteroatoms. The average Bonchev–Trinajstić information content (AvgIpc) is 2.62. The van der Waals surface area contributed by atoms with Crippen molar-refractivity contribution in [2.45, 2.75) is 6.54 Å². The van der Waals surface area contributed by atoms with Gasteiger partial charge < -0.3 is 15.5 Å². The summed E-state index contributed by atoms with van der Waals surface area (Å²) < 4.78 is 0. The van der Waals surface area contributed by atoms with E-state index in [4.69, 9.17) is 10.2 Å². The minimum absolute atomic E-state index is 0.0907. The molecule has 0 heterocycles. The molecule has 0 aliphatic rings. The first kappa shape index (κ1) is 19.5. The molecule has 0 aliphatic heterocycles. The van der Waals surface area contributed by atoms with Gasteiger partial charge in [-0.1, -0.05) is 18.2 Å². The monoisotopic (exact) mass is 359 g/mol. The topological polar surface area (TPSA) is 116 Å². The molecule has 2 rings (SSSR count). The molecule has 0 saturated heterocycles. The molecule has 2 aromatic carbocycles. The maximum absolute atomic E-state index is 12.3. The number of aliphatic hydroxyl groups is 2. The van der Waals surface area contributed by atoms with Gasteiger partial charge in [0, 0.05) is 43.0 Å². The summed E-state index contributed by atoms with van der Waals surface area (Å²) in [6, 6.07) is 12.9. The van der Waals surface area contributed by atoms with Gasteiger partial charge in [0.05, 0.1) is 18.1 Å². The van der Waals surface area contributed by atoms with Gasteiger partial charge in [0.1, 0.15) is 0 Å². The molecule has 0 radical (unpaired) electrons. The maximum Gasteiger partial charge on any atom is 0.271 e. The van der Waals surface area contributed by atoms with Gasteiger partial charge in [-0.25, -0.2) is 0 Å². The van der Waals surface area contributed by atoms with Crippen LogP contribution in [0.1, 0.15) is 15.9 Å². The van der Waals surface area contributed by atoms with E-state index >= 15 is 0 Å². The fourth-order valence-corrected chi connectivity index (χ4v) is 2.55. The van der Waals surface area contributed by atoms with Crippen LogP contribution in [0.25, 0.3) is 0 Å². The molecule has 138 valence electrons. The normalized spacial score (nSPS) is 10.7. The Morgan fingerprint density at radius 3 is 2.31 bits per heavy atom. The second kappa shape index (κ2) is 9.62. The van der Waals surface area contributed by atoms with Gasteiger partial charge in [-0.3, -0.25) is 19.8 Å². The summed E-state index contributed by atoms with van der Waals surface area (Å²) in [5, 5.41) is 32.1. The number of nitrogens with one attached hydrogen (secondary N) is 1. The van der Waals surface area contributed by atoms with Crippen molar-refractivity contribution in [3.63, 3.8) is 0 Å². The fourth-order valence-electron chi connectivity index (χ4n) is 2.55. The average molecular weight is 359 g/mol. The molecule has 0 unspecified atom stereocenters. The molecule has 2 aromatic rings. The largest absolute Gasteiger partial charge is 0.395 e. The van der Waals surface area contributed by atoms with E-state index in [0.29, 0.717) is 36.4 Å². The Morgan fingerprint density at radius 2 is 1.73 bits per heavy atom. The highest BCUT2D eigenvalue weighted by molar-refractivity contribution is 6.04. The van der Waals surface area contributed by atoms with Crippen LogP contribution in [0.3, 0.4) is 0 Å². The molecule has 0 aliphatic carbocycles. The fraction of sp³-hybridized carbons (Fsp3) is 0.278. The van der Waals surface area contributed by atoms with Crippen LogP contribution in [-0.4, -0.2) is 52.2 Å². The number of nitrogens with zero attached hydrogens (tertiary/aromatic N) is 2. The molecule has 3 N–H and O–H groups in total. The molecule has 0 fully saturated rings. The van der Waals surface area contributed by atoms with Crippen molar-refractivity contribution in [1.82, 2.24) is 4.90 Å². The van der Waals surface area contributed by atoms with Crippen molar-refractivity contribution in [1.29, 1.82) is 0 Å². The van der Waals surface area contributed by atoms with Crippen LogP contribution in [0.4, 0.5) is 11.4 Å². The molecule has 26 heavy (non-hydrogen) atoms. The Kier molecular flexibility index (Phi) is 7.22. The molecule has 0 bridgehead atoms. The van der Waals surface area contributed by atoms with Gasteiger partial charge in [-0.15, -0.1) is 0 Å². The number of carbonyl (C=O) groups excluding carboxylic acids is 1. The Labute approximate surface area is 150 Å². The lowest BCUT2D eigenvalue weighted by molar-refractivity contribution is -0.384. The van der Waals surface area contributed by atoms with Crippen LogP contribution in [-0.2, 0) is 6.54 Å². The van der Waals surface area contributed by atoms with Crippen molar-refractivity contribution < 1.29 is 19.9 Å². The summed E-state index contributed by atoms with van der Waals surface area (Å²) in [5.41, 5.74) is 1.22. The van der Waals surface area contributed by atoms with Gasteiger partial charge >= 0.3 is 0 Å². The van der Waals surface area contributed by atoms with Crippen LogP contribution < -0.4 is 5.32 Å². The second-order valence-corrected chi connectivity index (χ2v) is 5.69. The minimum Gasteiger partial charge on any atom is -0.395 e. The number of carbonyl (C=O) groups is 1. The molecular formula is C18H21N3O5. The molecular weight excluding hydrogens is 338 g/mol. The lowest BCUT2D eigenvalue weighted by Gasteiger charge is -2.20. The van der Waals surface area contributed by atoms with Gasteiger partial charge in [0.15, 0.2) is 0 Å². The van der Waals surface area contributed by atoms with E-state index in [2.05, 4.69) is 5.32 Å². The highest BCUT2D eigenvalue weighted by Crippen LogP contribution is 2.22. The zero-order chi connectivity index (χ0) is 18.9. The summed E-state index contributed by atoms with van der Waals surface area (Å²) in [4.78, 5) is 24.7. The van der Waals surface area contributed by atoms with Crippen molar-refractivity contribution >= 4 is 17.3 Å². The van der Waals surface area contributed by atoms with E-state index in [1.54, 1.807) is 41.3 Å².